The Balaban J connectivity index is 1.68. The van der Waals surface area contributed by atoms with Gasteiger partial charge in [-0.05, 0) is 34.8 Å². The summed E-state index contributed by atoms with van der Waals surface area (Å²) in [7, 11) is -0.604. The first-order chi connectivity index (χ1) is 14.8. The average molecular weight is 439 g/mol. The van der Waals surface area contributed by atoms with Gasteiger partial charge >= 0.3 is 12.1 Å². The average Bonchev–Trinajstić information content (AvgIpc) is 3.06. The zero-order valence-corrected chi connectivity index (χ0v) is 17.9. The number of carboxylic acid groups (broad SMARTS) is 1. The van der Waals surface area contributed by atoms with E-state index in [1.54, 1.807) is 12.5 Å². The van der Waals surface area contributed by atoms with Crippen LogP contribution in [-0.4, -0.2) is 53.0 Å². The van der Waals surface area contributed by atoms with Gasteiger partial charge in [0, 0.05) is 12.3 Å². The minimum Gasteiger partial charge on any atom is -0.480 e. The number of rotatable bonds is 7. The van der Waals surface area contributed by atoms with Crippen LogP contribution in [0.5, 0.6) is 0 Å². The van der Waals surface area contributed by atoms with Crippen LogP contribution in [0.4, 0.5) is 4.79 Å². The molecule has 1 amide bonds. The molecule has 3 rings (SSSR count). The summed E-state index contributed by atoms with van der Waals surface area (Å²) in [6, 6.07) is 16.1. The monoisotopic (exact) mass is 438 g/mol. The van der Waals surface area contributed by atoms with Gasteiger partial charge < -0.3 is 15.2 Å². The Kier molecular flexibility index (Phi) is 6.88. The molecule has 0 heterocycles. The molecular weight excluding hydrogens is 416 g/mol. The Morgan fingerprint density at radius 2 is 1.65 bits per heavy atom. The number of aliphatic carboxylic acids is 1. The van der Waals surface area contributed by atoms with Crippen molar-refractivity contribution in [2.24, 2.45) is 0 Å². The SMILES string of the molecule is CS(C)=C(C#N)C(=O)C[C@H](NC(=O)OCC1c2ccccc2-c2ccccc21)C(=O)O. The molecule has 0 aliphatic heterocycles. The summed E-state index contributed by atoms with van der Waals surface area (Å²) in [4.78, 5) is 36.1. The molecule has 0 spiro atoms. The number of carbonyl (C=O) groups is 3. The quantitative estimate of drug-likeness (QED) is 0.642. The number of carbonyl (C=O) groups excluding carboxylic acids is 2. The molecule has 2 aromatic carbocycles. The first-order valence-corrected chi connectivity index (χ1v) is 11.6. The van der Waals surface area contributed by atoms with Crippen LogP contribution < -0.4 is 5.32 Å². The van der Waals surface area contributed by atoms with Gasteiger partial charge in [0.15, 0.2) is 5.78 Å². The van der Waals surface area contributed by atoms with Crippen molar-refractivity contribution in [1.29, 1.82) is 5.26 Å². The van der Waals surface area contributed by atoms with E-state index in [1.165, 1.54) is 0 Å². The van der Waals surface area contributed by atoms with Gasteiger partial charge in [-0.2, -0.15) is 15.7 Å². The van der Waals surface area contributed by atoms with Crippen molar-refractivity contribution in [3.8, 4) is 17.2 Å². The van der Waals surface area contributed by atoms with Crippen molar-refractivity contribution >= 4 is 33.2 Å². The summed E-state index contributed by atoms with van der Waals surface area (Å²) in [6.45, 7) is 0.0308. The molecule has 1 aliphatic carbocycles. The van der Waals surface area contributed by atoms with E-state index in [0.717, 1.165) is 22.3 Å². The van der Waals surface area contributed by atoms with Crippen LogP contribution in [0.1, 0.15) is 23.5 Å². The standard InChI is InChI=1S/C23H22N2O5S/c1-31(2)21(12-24)20(26)11-19(22(27)28)25-23(29)30-13-18-16-9-5-3-7-14(16)15-8-4-6-10-17(15)18/h3-10,18-19H,11,13H2,1-2H3,(H,25,29)(H,27,28)/t19-/m0/s1. The maximum absolute atomic E-state index is 12.3. The number of ketones is 1. The summed E-state index contributed by atoms with van der Waals surface area (Å²) >= 11 is 0. The molecule has 0 radical (unpaired) electrons. The highest BCUT2D eigenvalue weighted by Crippen LogP contribution is 2.44. The number of nitrogens with one attached hydrogen (secondary N) is 1. The van der Waals surface area contributed by atoms with Gasteiger partial charge in [0.05, 0.1) is 0 Å². The van der Waals surface area contributed by atoms with Crippen LogP contribution in [0.2, 0.25) is 0 Å². The third-order valence-corrected chi connectivity index (χ3v) is 6.22. The lowest BCUT2D eigenvalue weighted by Gasteiger charge is -2.17. The highest BCUT2D eigenvalue weighted by Gasteiger charge is 2.30. The molecule has 160 valence electrons. The lowest BCUT2D eigenvalue weighted by molar-refractivity contribution is -0.140. The molecule has 7 nitrogen and oxygen atoms in total. The predicted molar refractivity (Wildman–Crippen MR) is 119 cm³/mol. The van der Waals surface area contributed by atoms with Gasteiger partial charge in [-0.1, -0.05) is 48.5 Å². The second kappa shape index (κ2) is 9.58. The third kappa shape index (κ3) is 4.84. The molecule has 0 unspecified atom stereocenters. The van der Waals surface area contributed by atoms with Crippen molar-refractivity contribution in [3.05, 3.63) is 59.7 Å². The van der Waals surface area contributed by atoms with Crippen molar-refractivity contribution in [1.82, 2.24) is 5.32 Å². The number of hydrogen-bond donors (Lipinski definition) is 2. The number of nitrogens with zero attached hydrogens (tertiary/aromatic N) is 1. The molecular formula is C23H22N2O5S. The highest BCUT2D eigenvalue weighted by molar-refractivity contribution is 8.16. The van der Waals surface area contributed by atoms with Crippen LogP contribution in [-0.2, 0) is 14.3 Å². The Hall–Kier alpha value is -3.44. The highest BCUT2D eigenvalue weighted by atomic mass is 32.2. The van der Waals surface area contributed by atoms with Gasteiger partial charge in [0.2, 0.25) is 0 Å². The summed E-state index contributed by atoms with van der Waals surface area (Å²) in [6.07, 6.45) is 1.97. The number of alkyl carbamates (subject to hydrolysis) is 1. The minimum atomic E-state index is -1.48. The topological polar surface area (TPSA) is 116 Å². The Bertz CT molecular complexity index is 1070. The van der Waals surface area contributed by atoms with Gasteiger partial charge in [0.25, 0.3) is 0 Å². The van der Waals surface area contributed by atoms with Crippen molar-refractivity contribution < 1.29 is 24.2 Å². The molecule has 0 saturated carbocycles. The molecule has 8 heteroatoms. The van der Waals surface area contributed by atoms with Gasteiger partial charge in [-0.15, -0.1) is 0 Å². The smallest absolute Gasteiger partial charge is 0.407 e. The fraction of sp³-hybridized carbons (Fsp3) is 0.261. The number of hydrogen-bond acceptors (Lipinski definition) is 5. The molecule has 0 bridgehead atoms. The number of Topliss-reactive ketones (excluding diaryl/α,β-unsaturated/α-hetero) is 1. The van der Waals surface area contributed by atoms with Crippen molar-refractivity contribution in [3.63, 3.8) is 0 Å². The Morgan fingerprint density at radius 1 is 1.10 bits per heavy atom. The van der Waals surface area contributed by atoms with Crippen LogP contribution in [0.3, 0.4) is 0 Å². The predicted octanol–water partition coefficient (Wildman–Crippen LogP) is 3.16. The fourth-order valence-electron chi connectivity index (χ4n) is 3.64. The van der Waals surface area contributed by atoms with Gasteiger partial charge in [-0.3, -0.25) is 4.79 Å². The Labute approximate surface area is 182 Å². The summed E-state index contributed by atoms with van der Waals surface area (Å²) in [5, 5.41) is 20.7. The number of fused-ring (bicyclic) bond motifs is 3. The van der Waals surface area contributed by atoms with E-state index in [-0.39, 0.29) is 17.4 Å². The maximum Gasteiger partial charge on any atom is 0.407 e. The Morgan fingerprint density at radius 3 is 2.13 bits per heavy atom. The van der Waals surface area contributed by atoms with E-state index in [1.807, 2.05) is 54.6 Å². The van der Waals surface area contributed by atoms with Crippen LogP contribution >= 0.6 is 10.5 Å². The number of nitriles is 1. The van der Waals surface area contributed by atoms with Gasteiger partial charge in [0.1, 0.15) is 23.6 Å². The van der Waals surface area contributed by atoms with E-state index in [2.05, 4.69) is 5.32 Å². The van der Waals surface area contributed by atoms with E-state index < -0.39 is 40.8 Å². The van der Waals surface area contributed by atoms with E-state index in [0.29, 0.717) is 0 Å². The molecule has 2 N–H and O–H groups in total. The lowest BCUT2D eigenvalue weighted by Crippen LogP contribution is -2.43. The van der Waals surface area contributed by atoms with Crippen LogP contribution in [0.25, 0.3) is 11.1 Å². The first kappa shape index (κ1) is 22.2. The summed E-state index contributed by atoms with van der Waals surface area (Å²) < 4.78 is 5.34. The molecule has 31 heavy (non-hydrogen) atoms. The largest absolute Gasteiger partial charge is 0.480 e. The molecule has 0 fully saturated rings. The molecule has 0 aromatic heterocycles. The van der Waals surface area contributed by atoms with Crippen molar-refractivity contribution in [2.45, 2.75) is 18.4 Å². The normalized spacial score (nSPS) is 13.0. The van der Waals surface area contributed by atoms with Gasteiger partial charge in [-0.25, -0.2) is 9.59 Å². The van der Waals surface area contributed by atoms with Crippen molar-refractivity contribution in [2.75, 3.05) is 19.1 Å². The zero-order chi connectivity index (χ0) is 22.5. The number of ether oxygens (including phenoxy) is 1. The lowest BCUT2D eigenvalue weighted by atomic mass is 9.98. The number of benzene rings is 2. The number of amides is 1. The maximum atomic E-state index is 12.3. The third-order valence-electron chi connectivity index (χ3n) is 5.09. The van der Waals surface area contributed by atoms with E-state index >= 15 is 0 Å². The molecule has 2 aromatic rings. The molecule has 1 atom stereocenters. The molecule has 0 saturated heterocycles. The summed E-state index contributed by atoms with van der Waals surface area (Å²) in [5.74, 6) is -2.13. The van der Waals surface area contributed by atoms with Crippen LogP contribution in [0, 0.1) is 11.3 Å². The summed E-state index contributed by atoms with van der Waals surface area (Å²) in [5.41, 5.74) is 4.23. The molecule has 1 aliphatic rings. The first-order valence-electron chi connectivity index (χ1n) is 9.55. The second-order valence-electron chi connectivity index (χ2n) is 7.25. The van der Waals surface area contributed by atoms with E-state index in [9.17, 15) is 19.5 Å². The fourth-order valence-corrected chi connectivity index (χ4v) is 4.36. The zero-order valence-electron chi connectivity index (χ0n) is 17.1. The van der Waals surface area contributed by atoms with Crippen LogP contribution in [0.15, 0.2) is 48.5 Å². The second-order valence-corrected chi connectivity index (χ2v) is 9.29. The van der Waals surface area contributed by atoms with E-state index in [4.69, 9.17) is 10.00 Å². The minimum absolute atomic E-state index is 0.000544. The number of carboxylic acids is 1.